The summed E-state index contributed by atoms with van der Waals surface area (Å²) in [7, 11) is -3.79. The molecule has 1 aliphatic heterocycles. The van der Waals surface area contributed by atoms with Crippen molar-refractivity contribution in [2.45, 2.75) is 43.8 Å². The monoisotopic (exact) mass is 387 g/mol. The Bertz CT molecular complexity index is 816. The number of halogens is 1. The van der Waals surface area contributed by atoms with Crippen molar-refractivity contribution >= 4 is 33.0 Å². The van der Waals surface area contributed by atoms with Crippen LogP contribution in [0.4, 0.5) is 5.69 Å². The third kappa shape index (κ3) is 3.13. The second-order valence-electron chi connectivity index (χ2n) is 8.04. The number of phenols is 1. The highest BCUT2D eigenvalue weighted by Crippen LogP contribution is 2.52. The minimum absolute atomic E-state index is 0.0299. The van der Waals surface area contributed by atoms with E-state index in [2.05, 4.69) is 5.32 Å². The van der Waals surface area contributed by atoms with E-state index in [-0.39, 0.29) is 26.9 Å². The van der Waals surface area contributed by atoms with Gasteiger partial charge in [0.25, 0.3) is 0 Å². The van der Waals surface area contributed by atoms with Crippen LogP contribution in [0.3, 0.4) is 0 Å². The first-order valence-corrected chi connectivity index (χ1v) is 10.0. The molecule has 1 saturated carbocycles. The molecule has 6 nitrogen and oxygen atoms in total. The highest BCUT2D eigenvalue weighted by atomic mass is 35.5. The maximum Gasteiger partial charge on any atom is 0.229 e. The van der Waals surface area contributed by atoms with Crippen molar-refractivity contribution in [1.82, 2.24) is 0 Å². The third-order valence-corrected chi connectivity index (χ3v) is 7.49. The fourth-order valence-corrected chi connectivity index (χ4v) is 5.82. The minimum Gasteiger partial charge on any atom is -0.504 e. The normalized spacial score (nSPS) is 20.0. The zero-order valence-corrected chi connectivity index (χ0v) is 16.0. The topological polar surface area (TPSA) is 92.7 Å². The standard InChI is InChI=1S/C17H22ClNO5S/c1-16(2,3)15(21)19-12-5-4-11(18)14(13(12)20)25(22,23)10-6-17(7-10)8-24-9-17/h4-5,10,20H,6-9H2,1-3H3,(H,19,21). The molecule has 2 aliphatic rings. The molecule has 3 rings (SSSR count). The molecule has 8 heteroatoms. The molecule has 1 aromatic rings. The molecule has 1 heterocycles. The van der Waals surface area contributed by atoms with Crippen molar-refractivity contribution < 1.29 is 23.1 Å². The number of nitrogens with one attached hydrogen (secondary N) is 1. The van der Waals surface area contributed by atoms with Gasteiger partial charge in [-0.1, -0.05) is 32.4 Å². The molecule has 0 aromatic heterocycles. The summed E-state index contributed by atoms with van der Waals surface area (Å²) in [5, 5.41) is 12.4. The number of amides is 1. The minimum atomic E-state index is -3.79. The van der Waals surface area contributed by atoms with E-state index in [0.29, 0.717) is 26.1 Å². The molecule has 1 spiro atoms. The van der Waals surface area contributed by atoms with Crippen LogP contribution in [0.1, 0.15) is 33.6 Å². The number of carbonyl (C=O) groups is 1. The largest absolute Gasteiger partial charge is 0.504 e. The predicted octanol–water partition coefficient (Wildman–Crippen LogP) is 2.98. The van der Waals surface area contributed by atoms with E-state index in [1.807, 2.05) is 0 Å². The number of hydrogen-bond acceptors (Lipinski definition) is 5. The molecule has 1 saturated heterocycles. The van der Waals surface area contributed by atoms with E-state index in [1.165, 1.54) is 12.1 Å². The molecule has 2 fully saturated rings. The molecule has 1 aromatic carbocycles. The maximum atomic E-state index is 12.9. The van der Waals surface area contributed by atoms with Crippen LogP contribution in [0.2, 0.25) is 5.02 Å². The summed E-state index contributed by atoms with van der Waals surface area (Å²) in [5.41, 5.74) is -0.669. The highest BCUT2D eigenvalue weighted by Gasteiger charge is 2.55. The van der Waals surface area contributed by atoms with Gasteiger partial charge < -0.3 is 15.2 Å². The SMILES string of the molecule is CC(C)(C)C(=O)Nc1ccc(Cl)c(S(=O)(=O)C2CC3(COC3)C2)c1O. The smallest absolute Gasteiger partial charge is 0.229 e. The van der Waals surface area contributed by atoms with Crippen LogP contribution in [0.15, 0.2) is 17.0 Å². The second-order valence-corrected chi connectivity index (χ2v) is 10.6. The average molecular weight is 388 g/mol. The summed E-state index contributed by atoms with van der Waals surface area (Å²) < 4.78 is 31.0. The van der Waals surface area contributed by atoms with E-state index in [1.54, 1.807) is 20.8 Å². The van der Waals surface area contributed by atoms with Crippen LogP contribution >= 0.6 is 11.6 Å². The van der Waals surface area contributed by atoms with Gasteiger partial charge in [0, 0.05) is 10.8 Å². The lowest BCUT2D eigenvalue weighted by molar-refractivity contribution is -0.153. The van der Waals surface area contributed by atoms with E-state index in [9.17, 15) is 18.3 Å². The van der Waals surface area contributed by atoms with Gasteiger partial charge in [0.1, 0.15) is 4.90 Å². The Kier molecular flexibility index (Phi) is 4.33. The number of ether oxygens (including phenoxy) is 1. The van der Waals surface area contributed by atoms with Crippen molar-refractivity contribution in [3.8, 4) is 5.75 Å². The van der Waals surface area contributed by atoms with Gasteiger partial charge in [-0.3, -0.25) is 4.79 Å². The lowest BCUT2D eigenvalue weighted by atomic mass is 9.67. The summed E-state index contributed by atoms with van der Waals surface area (Å²) >= 11 is 6.08. The first-order chi connectivity index (χ1) is 11.5. The Morgan fingerprint density at radius 2 is 1.92 bits per heavy atom. The number of benzene rings is 1. The van der Waals surface area contributed by atoms with Crippen LogP contribution in [-0.4, -0.2) is 37.9 Å². The summed E-state index contributed by atoms with van der Waals surface area (Å²) in [6, 6.07) is 2.79. The van der Waals surface area contributed by atoms with Gasteiger partial charge in [0.05, 0.1) is 29.2 Å². The molecular formula is C17H22ClNO5S. The first kappa shape index (κ1) is 18.5. The summed E-state index contributed by atoms with van der Waals surface area (Å²) in [5.74, 6) is -0.835. The molecule has 0 atom stereocenters. The Morgan fingerprint density at radius 1 is 1.32 bits per heavy atom. The van der Waals surface area contributed by atoms with E-state index >= 15 is 0 Å². The number of phenolic OH excluding ortho intramolecular Hbond substituents is 1. The van der Waals surface area contributed by atoms with Crippen molar-refractivity contribution in [3.63, 3.8) is 0 Å². The van der Waals surface area contributed by atoms with E-state index < -0.39 is 26.3 Å². The Morgan fingerprint density at radius 3 is 2.40 bits per heavy atom. The summed E-state index contributed by atoms with van der Waals surface area (Å²) in [6.07, 6.45) is 1.01. The zero-order valence-electron chi connectivity index (χ0n) is 14.4. The molecule has 0 radical (unpaired) electrons. The number of rotatable bonds is 3. The molecule has 2 N–H and O–H groups in total. The van der Waals surface area contributed by atoms with Crippen LogP contribution < -0.4 is 5.32 Å². The quantitative estimate of drug-likeness (QED) is 0.778. The number of carbonyl (C=O) groups excluding carboxylic acids is 1. The maximum absolute atomic E-state index is 12.9. The fourth-order valence-electron chi connectivity index (χ4n) is 3.15. The Hall–Kier alpha value is -1.31. The molecule has 1 aliphatic carbocycles. The van der Waals surface area contributed by atoms with Crippen molar-refractivity contribution in [3.05, 3.63) is 17.2 Å². The number of sulfone groups is 1. The Labute approximate surface area is 152 Å². The van der Waals surface area contributed by atoms with Gasteiger partial charge >= 0.3 is 0 Å². The zero-order chi connectivity index (χ0) is 18.6. The predicted molar refractivity (Wildman–Crippen MR) is 94.7 cm³/mol. The molecule has 1 amide bonds. The lowest BCUT2D eigenvalue weighted by Crippen LogP contribution is -2.56. The van der Waals surface area contributed by atoms with E-state index in [4.69, 9.17) is 16.3 Å². The van der Waals surface area contributed by atoms with E-state index in [0.717, 1.165) is 0 Å². The molecule has 0 unspecified atom stereocenters. The Balaban J connectivity index is 1.91. The summed E-state index contributed by atoms with van der Waals surface area (Å²) in [4.78, 5) is 11.8. The molecule has 0 bridgehead atoms. The second kappa shape index (κ2) is 5.86. The lowest BCUT2D eigenvalue weighted by Gasteiger charge is -2.52. The number of hydrogen-bond donors (Lipinski definition) is 2. The van der Waals surface area contributed by atoms with Crippen LogP contribution in [0.25, 0.3) is 0 Å². The fraction of sp³-hybridized carbons (Fsp3) is 0.588. The van der Waals surface area contributed by atoms with Crippen LogP contribution in [0, 0.1) is 10.8 Å². The van der Waals surface area contributed by atoms with Gasteiger partial charge in [-0.25, -0.2) is 8.42 Å². The van der Waals surface area contributed by atoms with Crippen molar-refractivity contribution in [2.24, 2.45) is 10.8 Å². The van der Waals surface area contributed by atoms with Gasteiger partial charge in [-0.2, -0.15) is 0 Å². The van der Waals surface area contributed by atoms with Crippen LogP contribution in [0.5, 0.6) is 5.75 Å². The van der Waals surface area contributed by atoms with Crippen molar-refractivity contribution in [2.75, 3.05) is 18.5 Å². The third-order valence-electron chi connectivity index (χ3n) is 4.87. The average Bonchev–Trinajstić information content (AvgIpc) is 2.37. The molecule has 25 heavy (non-hydrogen) atoms. The molecular weight excluding hydrogens is 366 g/mol. The summed E-state index contributed by atoms with van der Waals surface area (Å²) in [6.45, 7) is 6.34. The number of anilines is 1. The van der Waals surface area contributed by atoms with Gasteiger partial charge in [0.2, 0.25) is 5.91 Å². The van der Waals surface area contributed by atoms with Gasteiger partial charge in [-0.15, -0.1) is 0 Å². The molecule has 138 valence electrons. The first-order valence-electron chi connectivity index (χ1n) is 8.11. The van der Waals surface area contributed by atoms with Gasteiger partial charge in [-0.05, 0) is 25.0 Å². The van der Waals surface area contributed by atoms with Crippen molar-refractivity contribution in [1.29, 1.82) is 0 Å². The van der Waals surface area contributed by atoms with Crippen LogP contribution in [-0.2, 0) is 19.4 Å². The highest BCUT2D eigenvalue weighted by molar-refractivity contribution is 7.92. The van der Waals surface area contributed by atoms with Gasteiger partial charge in [0.15, 0.2) is 15.6 Å². The number of aromatic hydroxyl groups is 1.